The molecular formula is C20H19NO5. The molecule has 3 aromatic rings. The van der Waals surface area contributed by atoms with Crippen LogP contribution in [-0.2, 0) is 16.1 Å². The Labute approximate surface area is 150 Å². The van der Waals surface area contributed by atoms with E-state index in [1.807, 2.05) is 30.3 Å². The number of furan rings is 1. The van der Waals surface area contributed by atoms with Crippen molar-refractivity contribution < 1.29 is 23.8 Å². The molecule has 134 valence electrons. The van der Waals surface area contributed by atoms with E-state index in [0.29, 0.717) is 16.9 Å². The molecule has 26 heavy (non-hydrogen) atoms. The zero-order chi connectivity index (χ0) is 18.5. The summed E-state index contributed by atoms with van der Waals surface area (Å²) in [7, 11) is 0. The van der Waals surface area contributed by atoms with Crippen molar-refractivity contribution in [3.05, 3.63) is 71.5 Å². The minimum absolute atomic E-state index is 0.0998. The van der Waals surface area contributed by atoms with E-state index in [0.717, 1.165) is 11.0 Å². The molecule has 0 bridgehead atoms. The van der Waals surface area contributed by atoms with E-state index in [1.165, 1.54) is 0 Å². The van der Waals surface area contributed by atoms with Crippen LogP contribution in [0.5, 0.6) is 0 Å². The Bertz CT molecular complexity index is 880. The van der Waals surface area contributed by atoms with Gasteiger partial charge in [-0.25, -0.2) is 4.79 Å². The Morgan fingerprint density at radius 1 is 1.15 bits per heavy atom. The molecular weight excluding hydrogens is 334 g/mol. The molecule has 1 heterocycles. The van der Waals surface area contributed by atoms with E-state index in [2.05, 4.69) is 5.32 Å². The van der Waals surface area contributed by atoms with Crippen LogP contribution in [0.2, 0.25) is 0 Å². The number of benzene rings is 2. The Morgan fingerprint density at radius 3 is 2.58 bits per heavy atom. The molecule has 0 aliphatic heterocycles. The van der Waals surface area contributed by atoms with Crippen LogP contribution in [0.15, 0.2) is 59.0 Å². The van der Waals surface area contributed by atoms with Crippen molar-refractivity contribution in [2.75, 3.05) is 6.61 Å². The van der Waals surface area contributed by atoms with Crippen molar-refractivity contribution in [2.45, 2.75) is 19.6 Å². The van der Waals surface area contributed by atoms with E-state index in [1.54, 1.807) is 31.2 Å². The molecule has 0 unspecified atom stereocenters. The average Bonchev–Trinajstić information content (AvgIpc) is 3.10. The summed E-state index contributed by atoms with van der Waals surface area (Å²) < 4.78 is 10.7. The third kappa shape index (κ3) is 4.10. The van der Waals surface area contributed by atoms with Gasteiger partial charge in [-0.05, 0) is 36.8 Å². The number of esters is 1. The second-order valence-electron chi connectivity index (χ2n) is 5.91. The lowest BCUT2D eigenvalue weighted by atomic mass is 10.1. The number of fused-ring (bicyclic) bond motifs is 1. The van der Waals surface area contributed by atoms with Crippen molar-refractivity contribution in [3.63, 3.8) is 0 Å². The first-order valence-corrected chi connectivity index (χ1v) is 8.21. The first-order valence-electron chi connectivity index (χ1n) is 8.21. The number of hydrogen-bond donors (Lipinski definition) is 2. The van der Waals surface area contributed by atoms with Crippen LogP contribution in [-0.4, -0.2) is 23.6 Å². The highest BCUT2D eigenvalue weighted by Gasteiger charge is 2.16. The molecule has 0 aliphatic carbocycles. The summed E-state index contributed by atoms with van der Waals surface area (Å²) in [4.78, 5) is 24.0. The van der Waals surface area contributed by atoms with E-state index in [4.69, 9.17) is 14.3 Å². The van der Waals surface area contributed by atoms with Gasteiger partial charge in [-0.3, -0.25) is 4.79 Å². The second kappa shape index (κ2) is 7.84. The van der Waals surface area contributed by atoms with Gasteiger partial charge in [0.25, 0.3) is 5.91 Å². The van der Waals surface area contributed by atoms with Crippen LogP contribution in [0, 0.1) is 0 Å². The van der Waals surface area contributed by atoms with Crippen LogP contribution in [0.3, 0.4) is 0 Å². The number of amides is 1. The SMILES string of the molecule is C[C@@H](NC(=O)COC(=O)c1ccc(CO)cc1)c1cc2ccccc2o1. The molecule has 6 heteroatoms. The number of carbonyl (C=O) groups is 2. The monoisotopic (exact) mass is 353 g/mol. The summed E-state index contributed by atoms with van der Waals surface area (Å²) >= 11 is 0. The van der Waals surface area contributed by atoms with Crippen LogP contribution in [0.1, 0.15) is 34.6 Å². The van der Waals surface area contributed by atoms with Crippen molar-refractivity contribution in [3.8, 4) is 0 Å². The second-order valence-corrected chi connectivity index (χ2v) is 5.91. The quantitative estimate of drug-likeness (QED) is 0.665. The van der Waals surface area contributed by atoms with Crippen molar-refractivity contribution in [1.82, 2.24) is 5.32 Å². The number of hydrogen-bond acceptors (Lipinski definition) is 5. The van der Waals surface area contributed by atoms with E-state index >= 15 is 0 Å². The standard InChI is InChI=1S/C20H19NO5/c1-13(18-10-16-4-2-3-5-17(16)26-18)21-19(23)12-25-20(24)15-8-6-14(11-22)7-9-15/h2-10,13,22H,11-12H2,1H3,(H,21,23)/t13-/m1/s1. The summed E-state index contributed by atoms with van der Waals surface area (Å²) in [6.07, 6.45) is 0. The minimum atomic E-state index is -0.596. The zero-order valence-corrected chi connectivity index (χ0v) is 14.3. The summed E-state index contributed by atoms with van der Waals surface area (Å²) in [5.74, 6) is -0.384. The van der Waals surface area contributed by atoms with Crippen LogP contribution in [0.25, 0.3) is 11.0 Å². The molecule has 0 radical (unpaired) electrons. The number of aliphatic hydroxyl groups excluding tert-OH is 1. The van der Waals surface area contributed by atoms with Gasteiger partial charge in [0.05, 0.1) is 18.2 Å². The third-order valence-electron chi connectivity index (χ3n) is 3.96. The molecule has 0 spiro atoms. The lowest BCUT2D eigenvalue weighted by Crippen LogP contribution is -2.31. The molecule has 0 fully saturated rings. The summed E-state index contributed by atoms with van der Waals surface area (Å²) in [6.45, 7) is 1.31. The van der Waals surface area contributed by atoms with Gasteiger partial charge in [0.1, 0.15) is 11.3 Å². The van der Waals surface area contributed by atoms with Crippen molar-refractivity contribution in [1.29, 1.82) is 0 Å². The molecule has 0 saturated carbocycles. The van der Waals surface area contributed by atoms with Gasteiger partial charge >= 0.3 is 5.97 Å². The van der Waals surface area contributed by atoms with Crippen LogP contribution in [0.4, 0.5) is 0 Å². The lowest BCUT2D eigenvalue weighted by Gasteiger charge is -2.11. The number of carbonyl (C=O) groups excluding carboxylic acids is 2. The van der Waals surface area contributed by atoms with Gasteiger partial charge in [-0.15, -0.1) is 0 Å². The van der Waals surface area contributed by atoms with Gasteiger partial charge in [-0.1, -0.05) is 30.3 Å². The van der Waals surface area contributed by atoms with Gasteiger partial charge in [0, 0.05) is 5.39 Å². The van der Waals surface area contributed by atoms with E-state index in [9.17, 15) is 9.59 Å². The fraction of sp³-hybridized carbons (Fsp3) is 0.200. The number of nitrogens with one attached hydrogen (secondary N) is 1. The smallest absolute Gasteiger partial charge is 0.338 e. The predicted molar refractivity (Wildman–Crippen MR) is 95.4 cm³/mol. The maximum absolute atomic E-state index is 12.0. The third-order valence-corrected chi connectivity index (χ3v) is 3.96. The first kappa shape index (κ1) is 17.7. The van der Waals surface area contributed by atoms with Crippen molar-refractivity contribution in [2.24, 2.45) is 0 Å². The van der Waals surface area contributed by atoms with Gasteiger partial charge in [0.2, 0.25) is 0 Å². The number of ether oxygens (including phenoxy) is 1. The van der Waals surface area contributed by atoms with Crippen LogP contribution >= 0.6 is 0 Å². The molecule has 2 aromatic carbocycles. The zero-order valence-electron chi connectivity index (χ0n) is 14.3. The molecule has 1 aromatic heterocycles. The summed E-state index contributed by atoms with van der Waals surface area (Å²) in [6, 6.07) is 15.4. The lowest BCUT2D eigenvalue weighted by molar-refractivity contribution is -0.125. The summed E-state index contributed by atoms with van der Waals surface area (Å²) in [5.41, 5.74) is 1.76. The molecule has 0 aliphatic rings. The first-order chi connectivity index (χ1) is 12.6. The Hall–Kier alpha value is -3.12. The minimum Gasteiger partial charge on any atom is -0.459 e. The normalized spacial score (nSPS) is 11.9. The highest BCUT2D eigenvalue weighted by atomic mass is 16.5. The van der Waals surface area contributed by atoms with E-state index in [-0.39, 0.29) is 19.3 Å². The maximum Gasteiger partial charge on any atom is 0.338 e. The number of aliphatic hydroxyl groups is 1. The number of para-hydroxylation sites is 1. The molecule has 3 rings (SSSR count). The van der Waals surface area contributed by atoms with Gasteiger partial charge in [0.15, 0.2) is 6.61 Å². The topological polar surface area (TPSA) is 88.8 Å². The Balaban J connectivity index is 1.53. The highest BCUT2D eigenvalue weighted by molar-refractivity contribution is 5.91. The molecule has 1 atom stereocenters. The molecule has 0 saturated heterocycles. The van der Waals surface area contributed by atoms with Crippen LogP contribution < -0.4 is 5.32 Å². The Morgan fingerprint density at radius 2 is 1.88 bits per heavy atom. The largest absolute Gasteiger partial charge is 0.459 e. The molecule has 1 amide bonds. The molecule has 2 N–H and O–H groups in total. The van der Waals surface area contributed by atoms with Gasteiger partial charge < -0.3 is 19.6 Å². The Kier molecular flexibility index (Phi) is 5.34. The predicted octanol–water partition coefficient (Wildman–Crippen LogP) is 2.96. The van der Waals surface area contributed by atoms with Gasteiger partial charge in [-0.2, -0.15) is 0 Å². The molecule has 6 nitrogen and oxygen atoms in total. The fourth-order valence-electron chi connectivity index (χ4n) is 2.53. The summed E-state index contributed by atoms with van der Waals surface area (Å²) in [5, 5.41) is 12.7. The highest BCUT2D eigenvalue weighted by Crippen LogP contribution is 2.23. The maximum atomic E-state index is 12.0. The van der Waals surface area contributed by atoms with Crippen molar-refractivity contribution >= 4 is 22.8 Å². The fourth-order valence-corrected chi connectivity index (χ4v) is 2.53. The number of rotatable bonds is 6. The van der Waals surface area contributed by atoms with E-state index < -0.39 is 11.9 Å². The average molecular weight is 353 g/mol.